The molecule has 2 aliphatic rings. The minimum absolute atomic E-state index is 0.00457. The van der Waals surface area contributed by atoms with Crippen LogP contribution in [0.5, 0.6) is 0 Å². The van der Waals surface area contributed by atoms with E-state index in [1.54, 1.807) is 30.3 Å². The van der Waals surface area contributed by atoms with Crippen LogP contribution >= 0.6 is 0 Å². The zero-order chi connectivity index (χ0) is 21.1. The smallest absolute Gasteiger partial charge is 0.240 e. The van der Waals surface area contributed by atoms with E-state index >= 15 is 0 Å². The molecule has 0 radical (unpaired) electrons. The summed E-state index contributed by atoms with van der Waals surface area (Å²) in [6.07, 6.45) is 5.58. The Balaban J connectivity index is 1.32. The predicted molar refractivity (Wildman–Crippen MR) is 112 cm³/mol. The monoisotopic (exact) mass is 430 g/mol. The first-order chi connectivity index (χ1) is 14.4. The van der Waals surface area contributed by atoms with Crippen LogP contribution in [0.2, 0.25) is 0 Å². The molecule has 0 aromatic heterocycles. The van der Waals surface area contributed by atoms with Gasteiger partial charge in [0.05, 0.1) is 4.90 Å². The van der Waals surface area contributed by atoms with Gasteiger partial charge in [-0.3, -0.25) is 4.79 Å². The maximum absolute atomic E-state index is 13.3. The molecule has 0 aliphatic heterocycles. The number of benzene rings is 2. The maximum atomic E-state index is 13.3. The second-order valence-corrected chi connectivity index (χ2v) is 10.3. The summed E-state index contributed by atoms with van der Waals surface area (Å²) >= 11 is 0. The Morgan fingerprint density at radius 2 is 1.77 bits per heavy atom. The lowest BCUT2D eigenvalue weighted by Crippen LogP contribution is -2.27. The second kappa shape index (κ2) is 8.86. The standard InChI is InChI=1S/C23H27FN2O3S/c24-21-5-1-3-17(11-21)15-26-30(28,29)22-6-2-4-18(12-22)14-25-23(27)13-20-10-16-7-8-19(20)9-16/h1-6,11-12,16,19-20,26H,7-10,13-15H2,(H,25,27). The van der Waals surface area contributed by atoms with Gasteiger partial charge in [-0.15, -0.1) is 0 Å². The molecule has 2 saturated carbocycles. The molecule has 3 unspecified atom stereocenters. The van der Waals surface area contributed by atoms with Crippen molar-refractivity contribution in [2.75, 3.05) is 0 Å². The summed E-state index contributed by atoms with van der Waals surface area (Å²) in [5.41, 5.74) is 1.27. The van der Waals surface area contributed by atoms with Crippen LogP contribution in [-0.2, 0) is 27.9 Å². The first kappa shape index (κ1) is 21.0. The number of hydrogen-bond acceptors (Lipinski definition) is 3. The summed E-state index contributed by atoms with van der Waals surface area (Å²) in [4.78, 5) is 12.5. The van der Waals surface area contributed by atoms with Crippen molar-refractivity contribution in [3.8, 4) is 0 Å². The SMILES string of the molecule is O=C(CC1CC2CCC1C2)NCc1cccc(S(=O)(=O)NCc2cccc(F)c2)c1. The average molecular weight is 431 g/mol. The first-order valence-corrected chi connectivity index (χ1v) is 12.0. The van der Waals surface area contributed by atoms with Gasteiger partial charge in [0.2, 0.25) is 15.9 Å². The molecule has 2 aromatic rings. The van der Waals surface area contributed by atoms with E-state index in [2.05, 4.69) is 10.0 Å². The van der Waals surface area contributed by atoms with Crippen molar-refractivity contribution in [3.05, 3.63) is 65.5 Å². The summed E-state index contributed by atoms with van der Waals surface area (Å²) in [7, 11) is -3.74. The van der Waals surface area contributed by atoms with Gasteiger partial charge in [-0.2, -0.15) is 0 Å². The van der Waals surface area contributed by atoms with Gasteiger partial charge in [-0.05, 0) is 72.4 Å². The Hall–Kier alpha value is -2.25. The minimum Gasteiger partial charge on any atom is -0.352 e. The Morgan fingerprint density at radius 3 is 2.47 bits per heavy atom. The Labute approximate surface area is 177 Å². The fourth-order valence-corrected chi connectivity index (χ4v) is 5.96. The molecule has 1 amide bonds. The molecule has 7 heteroatoms. The van der Waals surface area contributed by atoms with E-state index in [0.717, 1.165) is 11.5 Å². The highest BCUT2D eigenvalue weighted by Gasteiger charge is 2.40. The highest BCUT2D eigenvalue weighted by molar-refractivity contribution is 7.89. The predicted octanol–water partition coefficient (Wildman–Crippen LogP) is 3.75. The highest BCUT2D eigenvalue weighted by atomic mass is 32.2. The third-order valence-electron chi connectivity index (χ3n) is 6.39. The van der Waals surface area contributed by atoms with Gasteiger partial charge in [-0.1, -0.05) is 30.7 Å². The van der Waals surface area contributed by atoms with Gasteiger partial charge < -0.3 is 5.32 Å². The number of hydrogen-bond donors (Lipinski definition) is 2. The normalized spacial score (nSPS) is 22.9. The molecule has 4 rings (SSSR count). The van der Waals surface area contributed by atoms with Crippen LogP contribution in [0, 0.1) is 23.6 Å². The molecule has 2 N–H and O–H groups in total. The average Bonchev–Trinajstić information content (AvgIpc) is 3.34. The number of carbonyl (C=O) groups is 1. The minimum atomic E-state index is -3.74. The van der Waals surface area contributed by atoms with Crippen molar-refractivity contribution >= 4 is 15.9 Å². The van der Waals surface area contributed by atoms with Gasteiger partial charge in [0.25, 0.3) is 0 Å². The van der Waals surface area contributed by atoms with E-state index in [4.69, 9.17) is 0 Å². The number of sulfonamides is 1. The number of rotatable bonds is 8. The quantitative estimate of drug-likeness (QED) is 0.670. The highest BCUT2D eigenvalue weighted by Crippen LogP contribution is 2.49. The van der Waals surface area contributed by atoms with Gasteiger partial charge >= 0.3 is 0 Å². The van der Waals surface area contributed by atoms with E-state index in [1.807, 2.05) is 0 Å². The molecule has 2 bridgehead atoms. The molecule has 2 aliphatic carbocycles. The van der Waals surface area contributed by atoms with Crippen LogP contribution in [0.4, 0.5) is 4.39 Å². The summed E-state index contributed by atoms with van der Waals surface area (Å²) < 4.78 is 40.9. The van der Waals surface area contributed by atoms with Crippen LogP contribution in [0.3, 0.4) is 0 Å². The zero-order valence-corrected chi connectivity index (χ0v) is 17.6. The van der Waals surface area contributed by atoms with Crippen molar-refractivity contribution in [1.29, 1.82) is 0 Å². The third kappa shape index (κ3) is 5.08. The molecular weight excluding hydrogens is 403 g/mol. The largest absolute Gasteiger partial charge is 0.352 e. The Bertz CT molecular complexity index is 1020. The zero-order valence-electron chi connectivity index (χ0n) is 16.8. The van der Waals surface area contributed by atoms with Crippen molar-refractivity contribution < 1.29 is 17.6 Å². The third-order valence-corrected chi connectivity index (χ3v) is 7.78. The fraction of sp³-hybridized carbons (Fsp3) is 0.435. The van der Waals surface area contributed by atoms with E-state index in [9.17, 15) is 17.6 Å². The molecule has 2 aromatic carbocycles. The van der Waals surface area contributed by atoms with E-state index in [-0.39, 0.29) is 17.3 Å². The maximum Gasteiger partial charge on any atom is 0.240 e. The Morgan fingerprint density at radius 1 is 1.00 bits per heavy atom. The molecule has 160 valence electrons. The number of carbonyl (C=O) groups excluding carboxylic acids is 1. The lowest BCUT2D eigenvalue weighted by Gasteiger charge is -2.20. The fourth-order valence-electron chi connectivity index (χ4n) is 4.87. The molecule has 0 heterocycles. The van der Waals surface area contributed by atoms with Crippen LogP contribution in [0.1, 0.15) is 43.2 Å². The van der Waals surface area contributed by atoms with E-state index in [0.29, 0.717) is 30.4 Å². The van der Waals surface area contributed by atoms with Crippen molar-refractivity contribution in [2.45, 2.75) is 50.1 Å². The molecule has 0 saturated heterocycles. The molecule has 3 atom stereocenters. The van der Waals surface area contributed by atoms with Gasteiger partial charge in [0.1, 0.15) is 5.82 Å². The second-order valence-electron chi connectivity index (χ2n) is 8.52. The summed E-state index contributed by atoms with van der Waals surface area (Å²) in [5.74, 6) is 1.65. The Kier molecular flexibility index (Phi) is 6.20. The van der Waals surface area contributed by atoms with Gasteiger partial charge in [-0.25, -0.2) is 17.5 Å². The number of nitrogens with one attached hydrogen (secondary N) is 2. The van der Waals surface area contributed by atoms with E-state index < -0.39 is 15.8 Å². The number of halogens is 1. The summed E-state index contributed by atoms with van der Waals surface area (Å²) in [6.45, 7) is 0.303. The van der Waals surface area contributed by atoms with Gasteiger partial charge in [0.15, 0.2) is 0 Å². The van der Waals surface area contributed by atoms with Crippen LogP contribution < -0.4 is 10.0 Å². The molecule has 5 nitrogen and oxygen atoms in total. The van der Waals surface area contributed by atoms with Crippen LogP contribution in [0.25, 0.3) is 0 Å². The van der Waals surface area contributed by atoms with Gasteiger partial charge in [0, 0.05) is 19.5 Å². The number of amides is 1. The van der Waals surface area contributed by atoms with Crippen molar-refractivity contribution in [1.82, 2.24) is 10.0 Å². The first-order valence-electron chi connectivity index (χ1n) is 10.5. The molecule has 0 spiro atoms. The molecule has 30 heavy (non-hydrogen) atoms. The summed E-state index contributed by atoms with van der Waals surface area (Å²) in [6, 6.07) is 12.3. The number of fused-ring (bicyclic) bond motifs is 2. The lowest BCUT2D eigenvalue weighted by atomic mass is 9.86. The van der Waals surface area contributed by atoms with Crippen molar-refractivity contribution in [2.24, 2.45) is 17.8 Å². The van der Waals surface area contributed by atoms with Crippen LogP contribution in [-0.4, -0.2) is 14.3 Å². The molecular formula is C23H27FN2O3S. The topological polar surface area (TPSA) is 75.3 Å². The van der Waals surface area contributed by atoms with E-state index in [1.165, 1.54) is 43.9 Å². The van der Waals surface area contributed by atoms with Crippen LogP contribution in [0.15, 0.2) is 53.4 Å². The van der Waals surface area contributed by atoms with Crippen molar-refractivity contribution in [3.63, 3.8) is 0 Å². The molecule has 2 fully saturated rings. The lowest BCUT2D eigenvalue weighted by molar-refractivity contribution is -0.122. The summed E-state index contributed by atoms with van der Waals surface area (Å²) in [5, 5.41) is 2.93.